The van der Waals surface area contributed by atoms with Crippen LogP contribution in [0.3, 0.4) is 0 Å². The van der Waals surface area contributed by atoms with Crippen molar-refractivity contribution in [1.29, 1.82) is 0 Å². The maximum absolute atomic E-state index is 10.5. The van der Waals surface area contributed by atoms with Gasteiger partial charge in [0.2, 0.25) is 0 Å². The fourth-order valence-corrected chi connectivity index (χ4v) is 1.37. The maximum atomic E-state index is 10.5. The van der Waals surface area contributed by atoms with Crippen molar-refractivity contribution in [3.8, 4) is 5.75 Å². The van der Waals surface area contributed by atoms with Gasteiger partial charge in [0.15, 0.2) is 0 Å². The van der Waals surface area contributed by atoms with Gasteiger partial charge in [-0.05, 0) is 12.1 Å². The predicted molar refractivity (Wildman–Crippen MR) is 50.3 cm³/mol. The number of aliphatic hydroxyl groups excluding tert-OH is 1. The summed E-state index contributed by atoms with van der Waals surface area (Å²) in [7, 11) is 0. The zero-order valence-corrected chi connectivity index (χ0v) is 8.24. The molecule has 1 aromatic rings. The van der Waals surface area contributed by atoms with E-state index < -0.39 is 6.09 Å². The summed E-state index contributed by atoms with van der Waals surface area (Å²) in [6, 6.07) is 4.97. The Morgan fingerprint density at radius 3 is 2.85 bits per heavy atom. The Labute approximate surface area is 83.4 Å². The van der Waals surface area contributed by atoms with Crippen LogP contribution in [0.1, 0.15) is 5.56 Å². The first kappa shape index (κ1) is 10.0. The number of aliphatic hydroxyl groups is 1. The molecule has 0 aliphatic heterocycles. The standard InChI is InChI=1S/C8H8BrNO3/c9-6-2-1-3-7(5(6)4-11)13-8(10)12/h1-3,11H,4H2,(H2,10,12). The third-order valence-electron chi connectivity index (χ3n) is 1.44. The highest BCUT2D eigenvalue weighted by Gasteiger charge is 2.08. The summed E-state index contributed by atoms with van der Waals surface area (Å²) >= 11 is 3.21. The number of amides is 1. The lowest BCUT2D eigenvalue weighted by atomic mass is 10.2. The van der Waals surface area contributed by atoms with Gasteiger partial charge in [-0.25, -0.2) is 4.79 Å². The number of carbonyl (C=O) groups is 1. The first-order valence-electron chi connectivity index (χ1n) is 3.50. The zero-order chi connectivity index (χ0) is 9.84. The van der Waals surface area contributed by atoms with Crippen LogP contribution in [0.15, 0.2) is 22.7 Å². The van der Waals surface area contributed by atoms with E-state index in [-0.39, 0.29) is 12.4 Å². The van der Waals surface area contributed by atoms with E-state index in [0.29, 0.717) is 10.0 Å². The molecule has 1 aromatic carbocycles. The summed E-state index contributed by atoms with van der Waals surface area (Å²) in [5, 5.41) is 8.95. The second-order valence-electron chi connectivity index (χ2n) is 2.30. The van der Waals surface area contributed by atoms with Crippen LogP contribution < -0.4 is 10.5 Å². The molecule has 0 aliphatic rings. The molecule has 13 heavy (non-hydrogen) atoms. The molecule has 0 fully saturated rings. The number of hydrogen-bond acceptors (Lipinski definition) is 3. The summed E-state index contributed by atoms with van der Waals surface area (Å²) in [5.74, 6) is 0.268. The number of carbonyl (C=O) groups excluding carboxylic acids is 1. The summed E-state index contributed by atoms with van der Waals surface area (Å²) in [5.41, 5.74) is 5.34. The molecule has 0 saturated carbocycles. The third kappa shape index (κ3) is 2.43. The van der Waals surface area contributed by atoms with Gasteiger partial charge in [-0.3, -0.25) is 0 Å². The van der Waals surface area contributed by atoms with Gasteiger partial charge in [0.25, 0.3) is 0 Å². The molecule has 1 rings (SSSR count). The lowest BCUT2D eigenvalue weighted by molar-refractivity contribution is 0.208. The van der Waals surface area contributed by atoms with Crippen molar-refractivity contribution in [3.63, 3.8) is 0 Å². The van der Waals surface area contributed by atoms with Crippen LogP contribution in [0.2, 0.25) is 0 Å². The van der Waals surface area contributed by atoms with Gasteiger partial charge in [-0.2, -0.15) is 0 Å². The quantitative estimate of drug-likeness (QED) is 0.828. The Bertz CT molecular complexity index is 327. The number of halogens is 1. The van der Waals surface area contributed by atoms with Crippen LogP contribution in [-0.4, -0.2) is 11.2 Å². The highest BCUT2D eigenvalue weighted by molar-refractivity contribution is 9.10. The lowest BCUT2D eigenvalue weighted by Crippen LogP contribution is -2.17. The number of benzene rings is 1. The minimum absolute atomic E-state index is 0.218. The van der Waals surface area contributed by atoms with E-state index in [1.807, 2.05) is 0 Å². The minimum atomic E-state index is -0.896. The van der Waals surface area contributed by atoms with E-state index in [9.17, 15) is 4.79 Å². The highest BCUT2D eigenvalue weighted by Crippen LogP contribution is 2.26. The molecule has 0 aromatic heterocycles. The Kier molecular flexibility index (Phi) is 3.27. The fraction of sp³-hybridized carbons (Fsp3) is 0.125. The monoisotopic (exact) mass is 245 g/mol. The Balaban J connectivity index is 3.05. The topological polar surface area (TPSA) is 72.6 Å². The number of ether oxygens (including phenoxy) is 1. The van der Waals surface area contributed by atoms with Crippen molar-refractivity contribution in [1.82, 2.24) is 0 Å². The smallest absolute Gasteiger partial charge is 0.409 e. The largest absolute Gasteiger partial charge is 0.410 e. The number of nitrogens with two attached hydrogens (primary N) is 1. The average molecular weight is 246 g/mol. The molecule has 3 N–H and O–H groups in total. The van der Waals surface area contributed by atoms with Crippen LogP contribution >= 0.6 is 15.9 Å². The molecule has 5 heteroatoms. The molecular weight excluding hydrogens is 238 g/mol. The van der Waals surface area contributed by atoms with E-state index in [1.54, 1.807) is 18.2 Å². The molecule has 1 amide bonds. The minimum Gasteiger partial charge on any atom is -0.410 e. The second-order valence-corrected chi connectivity index (χ2v) is 3.15. The van der Waals surface area contributed by atoms with Crippen molar-refractivity contribution in [2.24, 2.45) is 5.73 Å². The van der Waals surface area contributed by atoms with Crippen molar-refractivity contribution in [2.75, 3.05) is 0 Å². The van der Waals surface area contributed by atoms with E-state index in [0.717, 1.165) is 0 Å². The molecule has 4 nitrogen and oxygen atoms in total. The van der Waals surface area contributed by atoms with Crippen LogP contribution in [0.4, 0.5) is 4.79 Å². The average Bonchev–Trinajstić information content (AvgIpc) is 2.03. The molecule has 0 bridgehead atoms. The van der Waals surface area contributed by atoms with Crippen LogP contribution in [0.25, 0.3) is 0 Å². The predicted octanol–water partition coefficient (Wildman–Crippen LogP) is 1.40. The fourth-order valence-electron chi connectivity index (χ4n) is 0.896. The number of hydrogen-bond donors (Lipinski definition) is 2. The van der Waals surface area contributed by atoms with E-state index in [2.05, 4.69) is 20.7 Å². The van der Waals surface area contributed by atoms with Crippen molar-refractivity contribution in [2.45, 2.75) is 6.61 Å². The van der Waals surface area contributed by atoms with Gasteiger partial charge < -0.3 is 15.6 Å². The van der Waals surface area contributed by atoms with Gasteiger partial charge >= 0.3 is 6.09 Å². The molecular formula is C8H8BrNO3. The maximum Gasteiger partial charge on any atom is 0.409 e. The zero-order valence-electron chi connectivity index (χ0n) is 6.66. The molecule has 0 heterocycles. The molecule has 0 spiro atoms. The molecule has 0 radical (unpaired) electrons. The van der Waals surface area contributed by atoms with Gasteiger partial charge in [0.1, 0.15) is 5.75 Å². The first-order chi connectivity index (χ1) is 6.15. The Hall–Kier alpha value is -1.07. The van der Waals surface area contributed by atoms with Gasteiger partial charge in [-0.1, -0.05) is 22.0 Å². The summed E-state index contributed by atoms with van der Waals surface area (Å²) < 4.78 is 5.34. The first-order valence-corrected chi connectivity index (χ1v) is 4.30. The van der Waals surface area contributed by atoms with E-state index in [1.165, 1.54) is 0 Å². The highest BCUT2D eigenvalue weighted by atomic mass is 79.9. The molecule has 0 atom stereocenters. The van der Waals surface area contributed by atoms with E-state index >= 15 is 0 Å². The second kappa shape index (κ2) is 4.25. The Morgan fingerprint density at radius 1 is 1.62 bits per heavy atom. The molecule has 0 aliphatic carbocycles. The molecule has 70 valence electrons. The summed E-state index contributed by atoms with van der Waals surface area (Å²) in [6.45, 7) is -0.218. The van der Waals surface area contributed by atoms with Crippen molar-refractivity contribution in [3.05, 3.63) is 28.2 Å². The summed E-state index contributed by atoms with van der Waals surface area (Å²) in [6.07, 6.45) is -0.896. The SMILES string of the molecule is NC(=O)Oc1cccc(Br)c1CO. The normalized spacial score (nSPS) is 9.69. The van der Waals surface area contributed by atoms with Gasteiger partial charge in [0.05, 0.1) is 6.61 Å². The number of rotatable bonds is 2. The van der Waals surface area contributed by atoms with Gasteiger partial charge in [-0.15, -0.1) is 0 Å². The van der Waals surface area contributed by atoms with Crippen LogP contribution in [0, 0.1) is 0 Å². The van der Waals surface area contributed by atoms with Crippen molar-refractivity contribution >= 4 is 22.0 Å². The lowest BCUT2D eigenvalue weighted by Gasteiger charge is -2.07. The molecule has 0 saturated heterocycles. The van der Waals surface area contributed by atoms with Crippen molar-refractivity contribution < 1.29 is 14.6 Å². The Morgan fingerprint density at radius 2 is 2.31 bits per heavy atom. The van der Waals surface area contributed by atoms with Gasteiger partial charge in [0, 0.05) is 10.0 Å². The molecule has 0 unspecified atom stereocenters. The van der Waals surface area contributed by atoms with Crippen LogP contribution in [-0.2, 0) is 6.61 Å². The number of primary amides is 1. The summed E-state index contributed by atoms with van der Waals surface area (Å²) in [4.78, 5) is 10.5. The van der Waals surface area contributed by atoms with Crippen LogP contribution in [0.5, 0.6) is 5.75 Å². The van der Waals surface area contributed by atoms with E-state index in [4.69, 9.17) is 10.8 Å². The third-order valence-corrected chi connectivity index (χ3v) is 2.19.